The highest BCUT2D eigenvalue weighted by molar-refractivity contribution is 5.27. The minimum absolute atomic E-state index is 0.0450. The molecule has 0 spiro atoms. The fourth-order valence-electron chi connectivity index (χ4n) is 2.72. The lowest BCUT2D eigenvalue weighted by molar-refractivity contribution is -0.993. The van der Waals surface area contributed by atoms with E-state index in [1.54, 1.807) is 20.8 Å². The molecule has 1 rings (SSSR count). The predicted octanol–water partition coefficient (Wildman–Crippen LogP) is 0.711. The second-order valence-corrected chi connectivity index (χ2v) is 8.10. The van der Waals surface area contributed by atoms with Crippen LogP contribution in [-0.2, 0) is 6.42 Å². The van der Waals surface area contributed by atoms with E-state index in [1.807, 2.05) is 13.0 Å². The maximum Gasteiger partial charge on any atom is 0.237 e. The first-order valence-corrected chi connectivity index (χ1v) is 9.20. The summed E-state index contributed by atoms with van der Waals surface area (Å²) in [5.41, 5.74) is -0.788. The molecule has 1 unspecified atom stereocenters. The molecule has 1 aromatic rings. The summed E-state index contributed by atoms with van der Waals surface area (Å²) in [4.78, 5) is 2.61. The third-order valence-corrected chi connectivity index (χ3v) is 4.89. The minimum atomic E-state index is -1.32. The van der Waals surface area contributed by atoms with Crippen molar-refractivity contribution in [2.75, 3.05) is 0 Å². The molecule has 0 fully saturated rings. The number of allylic oxidation sites excluding steroid dienone is 2. The number of aliphatic hydroxyl groups excluding tert-OH is 2. The van der Waals surface area contributed by atoms with Gasteiger partial charge in [-0.25, -0.2) is 5.21 Å². The molecule has 0 radical (unpaired) electrons. The molecule has 0 aliphatic rings. The first-order valence-electron chi connectivity index (χ1n) is 9.20. The summed E-state index contributed by atoms with van der Waals surface area (Å²) in [6.45, 7) is 6.62. The van der Waals surface area contributed by atoms with Crippen LogP contribution in [0.25, 0.3) is 0 Å². The van der Waals surface area contributed by atoms with Crippen molar-refractivity contribution in [3.05, 3.63) is 34.7 Å². The van der Waals surface area contributed by atoms with Gasteiger partial charge in [-0.05, 0) is 58.9 Å². The number of rotatable bonds is 11. The van der Waals surface area contributed by atoms with Gasteiger partial charge in [0.15, 0.2) is 0 Å². The van der Waals surface area contributed by atoms with E-state index in [2.05, 4.69) is 4.98 Å². The minimum Gasteiger partial charge on any atom is -0.594 e. The fraction of sp³-hybridized carbons (Fsp3) is 0.684. The van der Waals surface area contributed by atoms with Crippen LogP contribution in [0.2, 0.25) is 0 Å². The number of H-pyrrole nitrogens is 1. The Morgan fingerprint density at radius 1 is 1.26 bits per heavy atom. The highest BCUT2D eigenvalue weighted by atomic mass is 16.8. The molecule has 8 nitrogen and oxygen atoms in total. The van der Waals surface area contributed by atoms with Crippen LogP contribution in [0.4, 0.5) is 5.82 Å². The first kappa shape index (κ1) is 23.8. The normalized spacial score (nSPS) is 18.8. The van der Waals surface area contributed by atoms with Crippen molar-refractivity contribution in [3.8, 4) is 0 Å². The number of hydrogen-bond donors (Lipinski definition) is 7. The molecule has 0 aliphatic heterocycles. The van der Waals surface area contributed by atoms with E-state index in [0.717, 1.165) is 5.57 Å². The third-order valence-electron chi connectivity index (χ3n) is 4.89. The second kappa shape index (κ2) is 9.79. The lowest BCUT2D eigenvalue weighted by atomic mass is 9.89. The maximum atomic E-state index is 10.9. The SMILES string of the molecule is C/C(=C\CC[C@](C)(O)[C@H](O)Cc1c[nH]c([NH+]([O-])O)c1)CC[C@H](O)C(C)(C)O. The van der Waals surface area contributed by atoms with Crippen LogP contribution < -0.4 is 5.23 Å². The van der Waals surface area contributed by atoms with E-state index in [-0.39, 0.29) is 12.2 Å². The van der Waals surface area contributed by atoms with E-state index in [4.69, 9.17) is 5.21 Å². The van der Waals surface area contributed by atoms with Crippen LogP contribution in [-0.4, -0.2) is 54.0 Å². The third kappa shape index (κ3) is 8.10. The highest BCUT2D eigenvalue weighted by Gasteiger charge is 2.30. The van der Waals surface area contributed by atoms with Crippen molar-refractivity contribution in [2.45, 2.75) is 83.2 Å². The standard InChI is InChI=1S/C19H34N2O6/c1-13(7-8-15(22)18(2,3)24)6-5-9-19(4,25)16(23)10-14-11-17(20-12-14)21(26)27/h6,11-12,15-16,20-26H,5,7-10H2,1-4H3/b13-6+/t15-,16+,19-/m0/s1. The maximum absolute atomic E-state index is 10.9. The molecule has 0 aromatic carbocycles. The second-order valence-electron chi connectivity index (χ2n) is 8.10. The number of nitrogens with one attached hydrogen (secondary N) is 2. The van der Waals surface area contributed by atoms with Gasteiger partial charge in [0.05, 0.1) is 23.4 Å². The summed E-state index contributed by atoms with van der Waals surface area (Å²) in [5.74, 6) is 0.0450. The van der Waals surface area contributed by atoms with Gasteiger partial charge in [0.25, 0.3) is 0 Å². The number of aromatic amines is 1. The molecule has 0 amide bonds. The van der Waals surface area contributed by atoms with Crippen LogP contribution in [0.1, 0.15) is 58.9 Å². The fourth-order valence-corrected chi connectivity index (χ4v) is 2.72. The van der Waals surface area contributed by atoms with Gasteiger partial charge in [-0.3, -0.25) is 0 Å². The summed E-state index contributed by atoms with van der Waals surface area (Å²) in [5, 5.41) is 59.1. The molecule has 156 valence electrons. The van der Waals surface area contributed by atoms with Crippen molar-refractivity contribution in [2.24, 2.45) is 0 Å². The van der Waals surface area contributed by atoms with Gasteiger partial charge >= 0.3 is 0 Å². The number of aromatic nitrogens is 1. The summed E-state index contributed by atoms with van der Waals surface area (Å²) < 4.78 is 0. The number of aliphatic hydroxyl groups is 4. The summed E-state index contributed by atoms with van der Waals surface area (Å²) >= 11 is 0. The molecular formula is C19H34N2O6. The van der Waals surface area contributed by atoms with E-state index in [1.165, 1.54) is 12.3 Å². The van der Waals surface area contributed by atoms with Crippen molar-refractivity contribution in [3.63, 3.8) is 0 Å². The van der Waals surface area contributed by atoms with Gasteiger partial charge in [-0.2, -0.15) is 5.23 Å². The molecule has 8 heteroatoms. The van der Waals surface area contributed by atoms with Crippen molar-refractivity contribution < 1.29 is 30.9 Å². The van der Waals surface area contributed by atoms with Crippen LogP contribution >= 0.6 is 0 Å². The van der Waals surface area contributed by atoms with Gasteiger partial charge in [0.1, 0.15) is 0 Å². The molecular weight excluding hydrogens is 352 g/mol. The molecule has 27 heavy (non-hydrogen) atoms. The van der Waals surface area contributed by atoms with Gasteiger partial charge in [-0.15, -0.1) is 0 Å². The molecule has 0 aliphatic carbocycles. The Labute approximate surface area is 160 Å². The van der Waals surface area contributed by atoms with Gasteiger partial charge in [0.2, 0.25) is 5.82 Å². The Morgan fingerprint density at radius 3 is 2.41 bits per heavy atom. The molecule has 0 saturated carbocycles. The van der Waals surface area contributed by atoms with Crippen LogP contribution in [0.5, 0.6) is 0 Å². The Morgan fingerprint density at radius 2 is 1.89 bits per heavy atom. The van der Waals surface area contributed by atoms with Crippen molar-refractivity contribution in [1.82, 2.24) is 4.98 Å². The summed E-state index contributed by atoms with van der Waals surface area (Å²) in [7, 11) is 0. The zero-order chi connectivity index (χ0) is 20.8. The smallest absolute Gasteiger partial charge is 0.237 e. The summed E-state index contributed by atoms with van der Waals surface area (Å²) in [6, 6.07) is 1.44. The lowest BCUT2D eigenvalue weighted by Gasteiger charge is -2.28. The average molecular weight is 386 g/mol. The van der Waals surface area contributed by atoms with Crippen LogP contribution in [0.15, 0.2) is 23.9 Å². The van der Waals surface area contributed by atoms with Crippen molar-refractivity contribution in [1.29, 1.82) is 0 Å². The zero-order valence-corrected chi connectivity index (χ0v) is 16.6. The molecule has 0 bridgehead atoms. The monoisotopic (exact) mass is 386 g/mol. The predicted molar refractivity (Wildman–Crippen MR) is 101 cm³/mol. The van der Waals surface area contributed by atoms with Gasteiger partial charge in [0, 0.05) is 18.7 Å². The Bertz CT molecular complexity index is 604. The summed E-state index contributed by atoms with van der Waals surface area (Å²) in [6.07, 6.45) is 3.78. The molecule has 0 saturated heterocycles. The zero-order valence-electron chi connectivity index (χ0n) is 16.6. The first-order chi connectivity index (χ1) is 12.3. The molecule has 1 heterocycles. The van der Waals surface area contributed by atoms with Crippen molar-refractivity contribution >= 4 is 5.82 Å². The molecule has 1 aromatic heterocycles. The largest absolute Gasteiger partial charge is 0.594 e. The van der Waals surface area contributed by atoms with E-state index in [0.29, 0.717) is 31.2 Å². The average Bonchev–Trinajstić information content (AvgIpc) is 3.00. The Balaban J connectivity index is 2.48. The topological polar surface area (TPSA) is 144 Å². The van der Waals surface area contributed by atoms with Gasteiger partial charge in [-0.1, -0.05) is 11.6 Å². The van der Waals surface area contributed by atoms with Crippen LogP contribution in [0, 0.1) is 5.21 Å². The molecule has 4 atom stereocenters. The number of quaternary nitrogens is 1. The highest BCUT2D eigenvalue weighted by Crippen LogP contribution is 2.23. The lowest BCUT2D eigenvalue weighted by Crippen LogP contribution is -2.99. The van der Waals surface area contributed by atoms with Crippen LogP contribution in [0.3, 0.4) is 0 Å². The number of hydrogen-bond acceptors (Lipinski definition) is 6. The van der Waals surface area contributed by atoms with E-state index >= 15 is 0 Å². The van der Waals surface area contributed by atoms with E-state index < -0.39 is 28.6 Å². The van der Waals surface area contributed by atoms with E-state index in [9.17, 15) is 25.6 Å². The Kier molecular flexibility index (Phi) is 8.62. The quantitative estimate of drug-likeness (QED) is 0.220. The molecule has 7 N–H and O–H groups in total. The van der Waals surface area contributed by atoms with Gasteiger partial charge < -0.3 is 30.6 Å². The Hall–Kier alpha value is -1.26.